The molecule has 5 heteroatoms. The van der Waals surface area contributed by atoms with Crippen LogP contribution in [-0.4, -0.2) is 18.1 Å². The normalized spacial score (nSPS) is 10.2. The third-order valence-electron chi connectivity index (χ3n) is 2.54. The van der Waals surface area contributed by atoms with Crippen LogP contribution in [0.1, 0.15) is 20.3 Å². The summed E-state index contributed by atoms with van der Waals surface area (Å²) in [4.78, 5) is 7.77. The maximum Gasteiger partial charge on any atom is 0.0809 e. The van der Waals surface area contributed by atoms with Gasteiger partial charge in [-0.15, -0.1) is 22.7 Å². The second kappa shape index (κ2) is 7.41. The number of thiazole rings is 1. The Bertz CT molecular complexity index is 578. The summed E-state index contributed by atoms with van der Waals surface area (Å²) in [6.07, 6.45) is 0.932. The molecule has 0 spiro atoms. The molecule has 0 bridgehead atoms. The molecular formula is C14H16N2OS2. The molecule has 0 amide bonds. The van der Waals surface area contributed by atoms with Gasteiger partial charge in [0.25, 0.3) is 0 Å². The number of nitrogens with two attached hydrogens (primary N) is 1. The van der Waals surface area contributed by atoms with Gasteiger partial charge in [0, 0.05) is 16.2 Å². The van der Waals surface area contributed by atoms with Gasteiger partial charge in [0.1, 0.15) is 0 Å². The van der Waals surface area contributed by atoms with Gasteiger partial charge in [0.2, 0.25) is 0 Å². The molecule has 2 heterocycles. The second-order valence-electron chi connectivity index (χ2n) is 3.94. The quantitative estimate of drug-likeness (QED) is 0.680. The molecule has 100 valence electrons. The highest BCUT2D eigenvalue weighted by molar-refractivity contribution is 7.12. The molecular weight excluding hydrogens is 276 g/mol. The van der Waals surface area contributed by atoms with E-state index >= 15 is 0 Å². The molecule has 0 radical (unpaired) electrons. The van der Waals surface area contributed by atoms with E-state index in [1.165, 1.54) is 9.75 Å². The van der Waals surface area contributed by atoms with Gasteiger partial charge in [-0.1, -0.05) is 11.8 Å². The molecule has 2 aromatic rings. The van der Waals surface area contributed by atoms with Gasteiger partial charge in [-0.2, -0.15) is 0 Å². The average molecular weight is 292 g/mol. The number of nitrogens with zero attached hydrogens (tertiary/aromatic N) is 1. The molecule has 3 nitrogen and oxygen atoms in total. The van der Waals surface area contributed by atoms with E-state index in [1.54, 1.807) is 22.7 Å². The Balaban J connectivity index is 1.74. The summed E-state index contributed by atoms with van der Waals surface area (Å²) < 4.78 is 5.68. The molecule has 0 fully saturated rings. The van der Waals surface area contributed by atoms with Gasteiger partial charge in [0.15, 0.2) is 0 Å². The third-order valence-corrected chi connectivity index (χ3v) is 4.51. The summed E-state index contributed by atoms with van der Waals surface area (Å²) in [5.74, 6) is 5.88. The highest BCUT2D eigenvalue weighted by atomic mass is 32.1. The molecule has 2 aromatic heterocycles. The number of hydrogen-bond donors (Lipinski definition) is 1. The molecule has 0 atom stereocenters. The van der Waals surface area contributed by atoms with E-state index in [0.29, 0.717) is 13.2 Å². The fourth-order valence-corrected chi connectivity index (χ4v) is 3.15. The average Bonchev–Trinajstić information content (AvgIpc) is 3.02. The fraction of sp³-hybridized carbons (Fsp3) is 0.357. The Hall–Kier alpha value is -1.19. The molecule has 0 aliphatic rings. The largest absolute Gasteiger partial charge is 0.376 e. The van der Waals surface area contributed by atoms with E-state index < -0.39 is 0 Å². The molecule has 2 N–H and O–H groups in total. The van der Waals surface area contributed by atoms with E-state index in [9.17, 15) is 0 Å². The maximum atomic E-state index is 5.68. The van der Waals surface area contributed by atoms with Gasteiger partial charge >= 0.3 is 0 Å². The SMILES string of the molecule is Cc1ncsc1CCOCc1ccc(C#CCN)s1. The molecule has 0 aliphatic heterocycles. The van der Waals surface area contributed by atoms with Crippen LogP contribution >= 0.6 is 22.7 Å². The highest BCUT2D eigenvalue weighted by Gasteiger charge is 2.02. The lowest BCUT2D eigenvalue weighted by molar-refractivity contribution is 0.126. The van der Waals surface area contributed by atoms with Crippen LogP contribution in [0.5, 0.6) is 0 Å². The summed E-state index contributed by atoms with van der Waals surface area (Å²) in [5.41, 5.74) is 8.34. The smallest absolute Gasteiger partial charge is 0.0809 e. The van der Waals surface area contributed by atoms with Crippen molar-refractivity contribution in [2.45, 2.75) is 20.0 Å². The molecule has 19 heavy (non-hydrogen) atoms. The van der Waals surface area contributed by atoms with Crippen molar-refractivity contribution < 1.29 is 4.74 Å². The summed E-state index contributed by atoms with van der Waals surface area (Å²) in [6, 6.07) is 4.07. The van der Waals surface area contributed by atoms with E-state index in [4.69, 9.17) is 10.5 Å². The Kier molecular flexibility index (Phi) is 5.55. The number of thiophene rings is 1. The predicted octanol–water partition coefficient (Wildman–Crippen LogP) is 2.58. The lowest BCUT2D eigenvalue weighted by Gasteiger charge is -2.01. The molecule has 0 aromatic carbocycles. The molecule has 0 saturated heterocycles. The zero-order valence-corrected chi connectivity index (χ0v) is 12.4. The summed E-state index contributed by atoms with van der Waals surface area (Å²) in [6.45, 7) is 3.81. The van der Waals surface area contributed by atoms with E-state index in [1.807, 2.05) is 18.5 Å². The predicted molar refractivity (Wildman–Crippen MR) is 80.5 cm³/mol. The van der Waals surface area contributed by atoms with Crippen LogP contribution in [0.2, 0.25) is 0 Å². The lowest BCUT2D eigenvalue weighted by atomic mass is 10.3. The van der Waals surface area contributed by atoms with Crippen LogP contribution in [0, 0.1) is 18.8 Å². The van der Waals surface area contributed by atoms with E-state index in [2.05, 4.69) is 22.9 Å². The first-order valence-electron chi connectivity index (χ1n) is 6.04. The van der Waals surface area contributed by atoms with Crippen molar-refractivity contribution in [2.75, 3.05) is 13.2 Å². The van der Waals surface area contributed by atoms with Crippen molar-refractivity contribution in [1.82, 2.24) is 4.98 Å². The Morgan fingerprint density at radius 2 is 2.32 bits per heavy atom. The van der Waals surface area contributed by atoms with Gasteiger partial charge < -0.3 is 10.5 Å². The fourth-order valence-electron chi connectivity index (χ4n) is 1.56. The van der Waals surface area contributed by atoms with Crippen LogP contribution in [-0.2, 0) is 17.8 Å². The van der Waals surface area contributed by atoms with Crippen molar-refractivity contribution in [3.63, 3.8) is 0 Å². The number of aryl methyl sites for hydroxylation is 1. The summed E-state index contributed by atoms with van der Waals surface area (Å²) in [7, 11) is 0. The monoisotopic (exact) mass is 292 g/mol. The van der Waals surface area contributed by atoms with Crippen LogP contribution in [0.15, 0.2) is 17.6 Å². The van der Waals surface area contributed by atoms with Gasteiger partial charge in [0.05, 0.1) is 35.8 Å². The Morgan fingerprint density at radius 1 is 1.42 bits per heavy atom. The van der Waals surface area contributed by atoms with Gasteiger partial charge in [-0.3, -0.25) is 0 Å². The number of hydrogen-bond acceptors (Lipinski definition) is 5. The molecule has 0 saturated carbocycles. The van der Waals surface area contributed by atoms with Gasteiger partial charge in [-0.05, 0) is 19.1 Å². The topological polar surface area (TPSA) is 48.1 Å². The first kappa shape index (κ1) is 14.2. The van der Waals surface area contributed by atoms with E-state index in [0.717, 1.165) is 23.6 Å². The van der Waals surface area contributed by atoms with Crippen LogP contribution in [0.4, 0.5) is 0 Å². The molecule has 0 unspecified atom stereocenters. The summed E-state index contributed by atoms with van der Waals surface area (Å²) >= 11 is 3.35. The van der Waals surface area contributed by atoms with Crippen molar-refractivity contribution in [3.8, 4) is 11.8 Å². The highest BCUT2D eigenvalue weighted by Crippen LogP contribution is 2.17. The zero-order valence-electron chi connectivity index (χ0n) is 10.8. The maximum absolute atomic E-state index is 5.68. The van der Waals surface area contributed by atoms with Crippen molar-refractivity contribution in [1.29, 1.82) is 0 Å². The van der Waals surface area contributed by atoms with Crippen LogP contribution < -0.4 is 5.73 Å². The summed E-state index contributed by atoms with van der Waals surface area (Å²) in [5, 5.41) is 0. The number of ether oxygens (including phenoxy) is 1. The standard InChI is InChI=1S/C14H16N2OS2/c1-11-14(18-10-16-11)6-8-17-9-13-5-4-12(19-13)3-2-7-15/h4-5,10H,6-9,15H2,1H3. The second-order valence-corrected chi connectivity index (χ2v) is 6.04. The molecule has 0 aliphatic carbocycles. The first-order valence-corrected chi connectivity index (χ1v) is 7.73. The van der Waals surface area contributed by atoms with Crippen molar-refractivity contribution >= 4 is 22.7 Å². The lowest BCUT2D eigenvalue weighted by Crippen LogP contribution is -1.97. The minimum absolute atomic E-state index is 0.401. The zero-order chi connectivity index (χ0) is 13.5. The first-order chi connectivity index (χ1) is 9.29. The van der Waals surface area contributed by atoms with Crippen LogP contribution in [0.25, 0.3) is 0 Å². The minimum Gasteiger partial charge on any atom is -0.376 e. The van der Waals surface area contributed by atoms with Crippen molar-refractivity contribution in [3.05, 3.63) is 38.0 Å². The van der Waals surface area contributed by atoms with Gasteiger partial charge in [-0.25, -0.2) is 4.98 Å². The Labute approximate surface area is 121 Å². The van der Waals surface area contributed by atoms with Crippen LogP contribution in [0.3, 0.4) is 0 Å². The van der Waals surface area contributed by atoms with Crippen molar-refractivity contribution in [2.24, 2.45) is 5.73 Å². The number of aromatic nitrogens is 1. The Morgan fingerprint density at radius 3 is 3.05 bits per heavy atom. The molecule has 2 rings (SSSR count). The number of rotatable bonds is 5. The third kappa shape index (κ3) is 4.44. The minimum atomic E-state index is 0.401. The van der Waals surface area contributed by atoms with E-state index in [-0.39, 0.29) is 0 Å².